The lowest BCUT2D eigenvalue weighted by Gasteiger charge is -2.33. The third-order valence-electron chi connectivity index (χ3n) is 6.46. The molecule has 0 amide bonds. The van der Waals surface area contributed by atoms with Crippen LogP contribution in [0.25, 0.3) is 0 Å². The maximum atomic E-state index is 6.33. The van der Waals surface area contributed by atoms with Crippen molar-refractivity contribution in [2.75, 3.05) is 0 Å². The minimum Gasteiger partial charge on any atom is -0.403 e. The third-order valence-corrected chi connectivity index (χ3v) is 6.46. The molecule has 2 aliphatic heterocycles. The van der Waals surface area contributed by atoms with Gasteiger partial charge in [-0.05, 0) is 72.9 Å². The van der Waals surface area contributed by atoms with Crippen LogP contribution < -0.4 is 0 Å². The maximum Gasteiger partial charge on any atom is 0.461 e. The fraction of sp³-hybridized carbons (Fsp3) is 1.00. The second kappa shape index (κ2) is 5.73. The second-order valence-electron chi connectivity index (χ2n) is 10.5. The summed E-state index contributed by atoms with van der Waals surface area (Å²) < 4.78 is 25.1. The van der Waals surface area contributed by atoms with Gasteiger partial charge in [0, 0.05) is 0 Å². The van der Waals surface area contributed by atoms with E-state index in [2.05, 4.69) is 76.2 Å². The average Bonchev–Trinajstić information content (AvgIpc) is 2.63. The Hall–Kier alpha value is -0.0301. The van der Waals surface area contributed by atoms with Crippen LogP contribution in [0.3, 0.4) is 0 Å². The van der Waals surface area contributed by atoms with Crippen LogP contribution in [0.15, 0.2) is 0 Å². The van der Waals surface area contributed by atoms with Crippen LogP contribution in [0.4, 0.5) is 0 Å². The minimum absolute atomic E-state index is 0.0186. The predicted molar refractivity (Wildman–Crippen MR) is 100 cm³/mol. The molecule has 24 heavy (non-hydrogen) atoms. The highest BCUT2D eigenvalue weighted by atomic mass is 16.7. The Balaban J connectivity index is 2.18. The number of rotatable bonds is 3. The normalized spacial score (nSPS) is 29.1. The lowest BCUT2D eigenvalue weighted by molar-refractivity contribution is 0.00578. The van der Waals surface area contributed by atoms with E-state index in [1.54, 1.807) is 0 Å². The molecule has 2 rings (SSSR count). The molecule has 6 heteroatoms. The van der Waals surface area contributed by atoms with E-state index in [4.69, 9.17) is 18.6 Å². The zero-order valence-electron chi connectivity index (χ0n) is 17.6. The molecule has 0 aliphatic carbocycles. The summed E-state index contributed by atoms with van der Waals surface area (Å²) in [7, 11) is -0.493. The Morgan fingerprint density at radius 1 is 0.667 bits per heavy atom. The Morgan fingerprint density at radius 2 is 1.00 bits per heavy atom. The summed E-state index contributed by atoms with van der Waals surface area (Å²) in [5.74, 6) is 0.174. The molecule has 2 saturated heterocycles. The summed E-state index contributed by atoms with van der Waals surface area (Å²) in [6.45, 7) is 23.4. The topological polar surface area (TPSA) is 36.9 Å². The zero-order valence-corrected chi connectivity index (χ0v) is 17.6. The quantitative estimate of drug-likeness (QED) is 0.706. The van der Waals surface area contributed by atoms with E-state index < -0.39 is 0 Å². The largest absolute Gasteiger partial charge is 0.461 e. The van der Waals surface area contributed by atoms with Gasteiger partial charge in [0.15, 0.2) is 0 Å². The van der Waals surface area contributed by atoms with Crippen molar-refractivity contribution in [3.05, 3.63) is 0 Å². The first-order chi connectivity index (χ1) is 10.5. The van der Waals surface area contributed by atoms with Crippen LogP contribution in [0.1, 0.15) is 76.2 Å². The molecule has 0 N–H and O–H groups in total. The van der Waals surface area contributed by atoms with Crippen molar-refractivity contribution >= 4 is 14.2 Å². The molecular formula is C18H36B2O4. The summed E-state index contributed by atoms with van der Waals surface area (Å²) in [5.41, 5.74) is -1.25. The van der Waals surface area contributed by atoms with Gasteiger partial charge in [0.05, 0.1) is 22.4 Å². The Labute approximate surface area is 149 Å². The lowest BCUT2D eigenvalue weighted by atomic mass is 9.52. The van der Waals surface area contributed by atoms with E-state index in [0.29, 0.717) is 0 Å². The molecule has 0 aromatic carbocycles. The van der Waals surface area contributed by atoms with E-state index in [1.807, 2.05) is 0 Å². The van der Waals surface area contributed by atoms with Crippen LogP contribution >= 0.6 is 0 Å². The Kier molecular flexibility index (Phi) is 4.85. The monoisotopic (exact) mass is 338 g/mol. The van der Waals surface area contributed by atoms with Gasteiger partial charge in [-0.15, -0.1) is 0 Å². The van der Waals surface area contributed by atoms with Crippen molar-refractivity contribution in [1.82, 2.24) is 0 Å². The minimum atomic E-state index is -0.322. The van der Waals surface area contributed by atoms with Crippen molar-refractivity contribution in [3.63, 3.8) is 0 Å². The van der Waals surface area contributed by atoms with Crippen molar-refractivity contribution in [3.8, 4) is 0 Å². The molecule has 1 unspecified atom stereocenters. The van der Waals surface area contributed by atoms with E-state index >= 15 is 0 Å². The average molecular weight is 338 g/mol. The third kappa shape index (κ3) is 3.58. The van der Waals surface area contributed by atoms with Crippen LogP contribution in [-0.4, -0.2) is 36.6 Å². The smallest absolute Gasteiger partial charge is 0.403 e. The van der Waals surface area contributed by atoms with Gasteiger partial charge in [0.25, 0.3) is 0 Å². The van der Waals surface area contributed by atoms with E-state index in [-0.39, 0.29) is 47.9 Å². The number of hydrogen-bond donors (Lipinski definition) is 0. The molecular weight excluding hydrogens is 302 g/mol. The van der Waals surface area contributed by atoms with Gasteiger partial charge in [0.1, 0.15) is 0 Å². The van der Waals surface area contributed by atoms with Gasteiger partial charge < -0.3 is 18.6 Å². The predicted octanol–water partition coefficient (Wildman–Crippen LogP) is 4.59. The summed E-state index contributed by atoms with van der Waals surface area (Å²) in [6.07, 6.45) is 0.757. The molecule has 0 saturated carbocycles. The van der Waals surface area contributed by atoms with Crippen LogP contribution in [0, 0.1) is 5.41 Å². The second-order valence-corrected chi connectivity index (χ2v) is 10.5. The van der Waals surface area contributed by atoms with Crippen molar-refractivity contribution in [2.24, 2.45) is 5.41 Å². The lowest BCUT2D eigenvalue weighted by Crippen LogP contribution is -2.41. The standard InChI is InChI=1S/C18H36B2O4/c1-14(2,3)13(20-23-17(8,9)18(10,11)24-20)12-19-21-15(4,5)16(6,7)22-19/h13H,12H2,1-11H3. The molecule has 4 nitrogen and oxygen atoms in total. The van der Waals surface area contributed by atoms with Gasteiger partial charge in [-0.1, -0.05) is 20.8 Å². The maximum absolute atomic E-state index is 6.33. The summed E-state index contributed by atoms with van der Waals surface area (Å²) >= 11 is 0. The summed E-state index contributed by atoms with van der Waals surface area (Å²) in [4.78, 5) is 0. The van der Waals surface area contributed by atoms with E-state index in [1.165, 1.54) is 0 Å². The van der Waals surface area contributed by atoms with Crippen LogP contribution in [0.2, 0.25) is 12.1 Å². The highest BCUT2D eigenvalue weighted by Crippen LogP contribution is 2.49. The first-order valence-electron chi connectivity index (χ1n) is 9.20. The zero-order chi connectivity index (χ0) is 18.8. The Morgan fingerprint density at radius 3 is 1.33 bits per heavy atom. The molecule has 0 aromatic rings. The van der Waals surface area contributed by atoms with Crippen molar-refractivity contribution in [1.29, 1.82) is 0 Å². The van der Waals surface area contributed by atoms with Gasteiger partial charge in [-0.2, -0.15) is 0 Å². The highest BCUT2D eigenvalue weighted by Gasteiger charge is 2.58. The molecule has 138 valence electrons. The highest BCUT2D eigenvalue weighted by molar-refractivity contribution is 6.53. The molecule has 0 bridgehead atoms. The van der Waals surface area contributed by atoms with Crippen molar-refractivity contribution in [2.45, 2.75) is 111 Å². The van der Waals surface area contributed by atoms with Gasteiger partial charge in [0.2, 0.25) is 0 Å². The first kappa shape index (κ1) is 20.3. The Bertz CT molecular complexity index is 448. The van der Waals surface area contributed by atoms with Gasteiger partial charge in [-0.3, -0.25) is 0 Å². The fourth-order valence-corrected chi connectivity index (χ4v) is 3.19. The molecule has 0 aromatic heterocycles. The van der Waals surface area contributed by atoms with Gasteiger partial charge in [-0.25, -0.2) is 0 Å². The molecule has 2 heterocycles. The molecule has 1 atom stereocenters. The van der Waals surface area contributed by atoms with E-state index in [0.717, 1.165) is 6.32 Å². The van der Waals surface area contributed by atoms with Crippen molar-refractivity contribution < 1.29 is 18.6 Å². The number of hydrogen-bond acceptors (Lipinski definition) is 4. The SMILES string of the molecule is CC(C)(C)C(CB1OC(C)(C)C(C)(C)O1)B1OC(C)(C)C(C)(C)O1. The van der Waals surface area contributed by atoms with Gasteiger partial charge >= 0.3 is 14.2 Å². The molecule has 0 radical (unpaired) electrons. The summed E-state index contributed by atoms with van der Waals surface area (Å²) in [6, 6.07) is 0. The molecule has 2 fully saturated rings. The van der Waals surface area contributed by atoms with Crippen LogP contribution in [0.5, 0.6) is 0 Å². The fourth-order valence-electron chi connectivity index (χ4n) is 3.19. The molecule has 2 aliphatic rings. The van der Waals surface area contributed by atoms with E-state index in [9.17, 15) is 0 Å². The first-order valence-corrected chi connectivity index (χ1v) is 9.20. The summed E-state index contributed by atoms with van der Waals surface area (Å²) in [5, 5.41) is 0. The van der Waals surface area contributed by atoms with Crippen LogP contribution in [-0.2, 0) is 18.6 Å². The molecule has 0 spiro atoms.